The largest absolute Gasteiger partial charge is 0.311 e. The lowest BCUT2D eigenvalue weighted by atomic mass is 10.1. The summed E-state index contributed by atoms with van der Waals surface area (Å²) in [5.74, 6) is 0. The number of para-hydroxylation sites is 1. The number of hydrogen-bond donors (Lipinski definition) is 0. The molecule has 146 valence electrons. The molecule has 0 spiro atoms. The third kappa shape index (κ3) is 5.52. The summed E-state index contributed by atoms with van der Waals surface area (Å²) in [6.07, 6.45) is 0. The topological polar surface area (TPSA) is 3.24 Å². The van der Waals surface area contributed by atoms with Gasteiger partial charge in [0.15, 0.2) is 0 Å². The molecule has 4 aromatic carbocycles. The van der Waals surface area contributed by atoms with E-state index in [0.29, 0.717) is 0 Å². The van der Waals surface area contributed by atoms with Gasteiger partial charge in [0.05, 0.1) is 0 Å². The lowest BCUT2D eigenvalue weighted by Gasteiger charge is -2.25. The maximum absolute atomic E-state index is 2.29. The highest BCUT2D eigenvalue weighted by atomic mass is 32.2. The predicted octanol–water partition coefficient (Wildman–Crippen LogP) is 8.64. The Balaban J connectivity index is 0.00000117. The van der Waals surface area contributed by atoms with Gasteiger partial charge >= 0.3 is 0 Å². The predicted molar refractivity (Wildman–Crippen MR) is 128 cm³/mol. The van der Waals surface area contributed by atoms with Gasteiger partial charge in [0.2, 0.25) is 0 Å². The minimum Gasteiger partial charge on any atom is -0.311 e. The van der Waals surface area contributed by atoms with Crippen LogP contribution < -0.4 is 4.90 Å². The molecule has 0 aliphatic rings. The molecule has 0 heterocycles. The van der Waals surface area contributed by atoms with Crippen molar-refractivity contribution in [2.24, 2.45) is 0 Å². The fourth-order valence-corrected chi connectivity index (χ4v) is 3.84. The van der Waals surface area contributed by atoms with Crippen molar-refractivity contribution in [2.75, 3.05) is 4.90 Å². The van der Waals surface area contributed by atoms with Crippen LogP contribution in [0.3, 0.4) is 0 Å². The van der Waals surface area contributed by atoms with Crippen LogP contribution in [0.15, 0.2) is 119 Å². The molecule has 0 bridgehead atoms. The molecule has 0 fully saturated rings. The lowest BCUT2D eigenvalue weighted by Crippen LogP contribution is -2.09. The van der Waals surface area contributed by atoms with Crippen molar-refractivity contribution >= 4 is 28.8 Å². The first-order valence-corrected chi connectivity index (χ1v) is 10.9. The van der Waals surface area contributed by atoms with Crippen LogP contribution in [0.2, 0.25) is 0 Å². The van der Waals surface area contributed by atoms with E-state index in [-0.39, 0.29) is 0 Å². The summed E-state index contributed by atoms with van der Waals surface area (Å²) in [6.45, 7) is 6.12. The van der Waals surface area contributed by atoms with Gasteiger partial charge in [-0.2, -0.15) is 0 Å². The Morgan fingerprint density at radius 1 is 0.483 bits per heavy atom. The smallest absolute Gasteiger partial charge is 0.0462 e. The number of nitrogens with zero attached hydrogens (tertiary/aromatic N) is 1. The second-order valence-corrected chi connectivity index (χ2v) is 7.56. The molecule has 0 unspecified atom stereocenters. The monoisotopic (exact) mass is 397 g/mol. The van der Waals surface area contributed by atoms with Gasteiger partial charge in [-0.05, 0) is 67.6 Å². The number of hydrogen-bond acceptors (Lipinski definition) is 2. The van der Waals surface area contributed by atoms with Gasteiger partial charge in [-0.25, -0.2) is 0 Å². The number of rotatable bonds is 5. The van der Waals surface area contributed by atoms with E-state index in [9.17, 15) is 0 Å². The highest BCUT2D eigenvalue weighted by Gasteiger charge is 2.12. The Hall–Kier alpha value is -2.97. The highest BCUT2D eigenvalue weighted by Crippen LogP contribution is 2.36. The normalized spacial score (nSPS) is 10.0. The number of aryl methyl sites for hydroxylation is 1. The molecule has 29 heavy (non-hydrogen) atoms. The van der Waals surface area contributed by atoms with E-state index in [1.165, 1.54) is 15.4 Å². The van der Waals surface area contributed by atoms with Crippen molar-refractivity contribution in [3.05, 3.63) is 115 Å². The summed E-state index contributed by atoms with van der Waals surface area (Å²) in [4.78, 5) is 4.78. The summed E-state index contributed by atoms with van der Waals surface area (Å²) in [6, 6.07) is 38.4. The molecule has 4 rings (SSSR count). The van der Waals surface area contributed by atoms with Crippen LogP contribution in [0.5, 0.6) is 0 Å². The van der Waals surface area contributed by atoms with Crippen molar-refractivity contribution in [2.45, 2.75) is 30.6 Å². The van der Waals surface area contributed by atoms with E-state index in [4.69, 9.17) is 0 Å². The molecule has 0 saturated carbocycles. The third-order valence-corrected chi connectivity index (χ3v) is 5.40. The molecule has 0 aromatic heterocycles. The van der Waals surface area contributed by atoms with Crippen LogP contribution in [0.25, 0.3) is 0 Å². The van der Waals surface area contributed by atoms with E-state index >= 15 is 0 Å². The minimum absolute atomic E-state index is 1.16. The van der Waals surface area contributed by atoms with Gasteiger partial charge in [-0.3, -0.25) is 0 Å². The second-order valence-electron chi connectivity index (χ2n) is 6.42. The number of anilines is 3. The Labute approximate surface area is 179 Å². The highest BCUT2D eigenvalue weighted by molar-refractivity contribution is 7.99. The lowest BCUT2D eigenvalue weighted by molar-refractivity contribution is 1.26. The van der Waals surface area contributed by atoms with Crippen molar-refractivity contribution in [3.8, 4) is 0 Å². The first-order chi connectivity index (χ1) is 14.3. The SMILES string of the molecule is CC.Cc1ccc(N(c2ccccc2)c2ccc(Sc3ccccc3)cc2)cc1. The molecule has 2 heteroatoms. The summed E-state index contributed by atoms with van der Waals surface area (Å²) >= 11 is 1.78. The molecule has 0 N–H and O–H groups in total. The summed E-state index contributed by atoms with van der Waals surface area (Å²) < 4.78 is 0. The standard InChI is InChI=1S/C25H21NS.C2H6/c1-20-12-14-22(15-13-20)26(21-8-4-2-5-9-21)23-16-18-25(19-17-23)27-24-10-6-3-7-11-24;1-2/h2-19H,1H3;1-2H3. The van der Waals surface area contributed by atoms with E-state index < -0.39 is 0 Å². The van der Waals surface area contributed by atoms with Crippen molar-refractivity contribution in [3.63, 3.8) is 0 Å². The molecule has 0 aliphatic carbocycles. The zero-order valence-corrected chi connectivity index (χ0v) is 18.1. The molecule has 4 aromatic rings. The van der Waals surface area contributed by atoms with E-state index in [1.54, 1.807) is 11.8 Å². The molecule has 1 nitrogen and oxygen atoms in total. The molecule has 0 aliphatic heterocycles. The zero-order valence-electron chi connectivity index (χ0n) is 17.2. The fourth-order valence-electron chi connectivity index (χ4n) is 3.01. The molecular weight excluding hydrogens is 370 g/mol. The summed E-state index contributed by atoms with van der Waals surface area (Å²) in [5, 5.41) is 0. The zero-order chi connectivity index (χ0) is 20.5. The molecule has 0 amide bonds. The molecule has 0 saturated heterocycles. The quantitative estimate of drug-likeness (QED) is 0.331. The van der Waals surface area contributed by atoms with E-state index in [0.717, 1.165) is 17.1 Å². The van der Waals surface area contributed by atoms with Gasteiger partial charge in [0.25, 0.3) is 0 Å². The van der Waals surface area contributed by atoms with Gasteiger partial charge < -0.3 is 4.90 Å². The van der Waals surface area contributed by atoms with E-state index in [1.807, 2.05) is 19.9 Å². The Bertz CT molecular complexity index is 978. The Morgan fingerprint density at radius 3 is 1.45 bits per heavy atom. The fraction of sp³-hybridized carbons (Fsp3) is 0.111. The van der Waals surface area contributed by atoms with Crippen molar-refractivity contribution < 1.29 is 0 Å². The maximum atomic E-state index is 2.29. The van der Waals surface area contributed by atoms with Crippen LogP contribution in [-0.4, -0.2) is 0 Å². The molecule has 0 radical (unpaired) electrons. The van der Waals surface area contributed by atoms with Crippen molar-refractivity contribution in [1.29, 1.82) is 0 Å². The number of benzene rings is 4. The van der Waals surface area contributed by atoms with Crippen LogP contribution in [0.1, 0.15) is 19.4 Å². The van der Waals surface area contributed by atoms with Gasteiger partial charge in [-0.1, -0.05) is 79.7 Å². The van der Waals surface area contributed by atoms with Gasteiger partial charge in [-0.15, -0.1) is 0 Å². The maximum Gasteiger partial charge on any atom is 0.0462 e. The molecular formula is C27H27NS. The second kappa shape index (κ2) is 10.5. The third-order valence-electron chi connectivity index (χ3n) is 4.38. The summed E-state index contributed by atoms with van der Waals surface area (Å²) in [7, 11) is 0. The van der Waals surface area contributed by atoms with E-state index in [2.05, 4.69) is 115 Å². The van der Waals surface area contributed by atoms with Crippen LogP contribution in [0, 0.1) is 6.92 Å². The minimum atomic E-state index is 1.16. The van der Waals surface area contributed by atoms with Crippen molar-refractivity contribution in [1.82, 2.24) is 0 Å². The van der Waals surface area contributed by atoms with Gasteiger partial charge in [0, 0.05) is 26.9 Å². The Morgan fingerprint density at radius 2 is 0.897 bits per heavy atom. The average Bonchev–Trinajstić information content (AvgIpc) is 2.79. The van der Waals surface area contributed by atoms with Crippen LogP contribution >= 0.6 is 11.8 Å². The first-order valence-electron chi connectivity index (χ1n) is 10.0. The Kier molecular flexibility index (Phi) is 7.54. The molecule has 0 atom stereocenters. The first kappa shape index (κ1) is 20.8. The summed E-state index contributed by atoms with van der Waals surface area (Å²) in [5.41, 5.74) is 4.74. The van der Waals surface area contributed by atoms with Crippen LogP contribution in [0.4, 0.5) is 17.1 Å². The van der Waals surface area contributed by atoms with Crippen LogP contribution in [-0.2, 0) is 0 Å². The van der Waals surface area contributed by atoms with Gasteiger partial charge in [0.1, 0.15) is 0 Å². The average molecular weight is 398 g/mol.